The maximum atomic E-state index is 11.9. The van der Waals surface area contributed by atoms with Gasteiger partial charge in [-0.1, -0.05) is 30.1 Å². The Morgan fingerprint density at radius 2 is 2.06 bits per heavy atom. The Hall–Kier alpha value is -1.26. The van der Waals surface area contributed by atoms with Crippen molar-refractivity contribution in [2.45, 2.75) is 25.8 Å². The van der Waals surface area contributed by atoms with Crippen molar-refractivity contribution in [2.75, 3.05) is 0 Å². The van der Waals surface area contributed by atoms with Gasteiger partial charge in [0.1, 0.15) is 0 Å². The summed E-state index contributed by atoms with van der Waals surface area (Å²) in [6.45, 7) is 1.80. The molecule has 0 fully saturated rings. The number of rotatable bonds is 5. The van der Waals surface area contributed by atoms with E-state index in [9.17, 15) is 9.59 Å². The Balaban J connectivity index is 2.80. The number of carboxylic acids is 1. The van der Waals surface area contributed by atoms with Crippen molar-refractivity contribution in [1.82, 2.24) is 5.32 Å². The van der Waals surface area contributed by atoms with E-state index in [-0.39, 0.29) is 17.0 Å². The second kappa shape index (κ2) is 6.61. The Morgan fingerprint density at radius 3 is 2.61 bits per heavy atom. The van der Waals surface area contributed by atoms with Crippen LogP contribution in [0.5, 0.6) is 0 Å². The van der Waals surface area contributed by atoms with E-state index < -0.39 is 17.9 Å². The van der Waals surface area contributed by atoms with Gasteiger partial charge in [-0.25, -0.2) is 0 Å². The van der Waals surface area contributed by atoms with Crippen molar-refractivity contribution in [3.63, 3.8) is 0 Å². The van der Waals surface area contributed by atoms with Gasteiger partial charge in [-0.05, 0) is 24.6 Å². The molecule has 0 bridgehead atoms. The largest absolute Gasteiger partial charge is 0.481 e. The molecule has 0 saturated carbocycles. The second-order valence-corrected chi connectivity index (χ2v) is 4.64. The zero-order chi connectivity index (χ0) is 13.7. The van der Waals surface area contributed by atoms with Crippen molar-refractivity contribution in [3.8, 4) is 0 Å². The highest BCUT2D eigenvalue weighted by atomic mass is 35.5. The second-order valence-electron chi connectivity index (χ2n) is 3.80. The molecule has 1 rings (SSSR count). The molecule has 18 heavy (non-hydrogen) atoms. The van der Waals surface area contributed by atoms with Crippen molar-refractivity contribution in [2.24, 2.45) is 0 Å². The molecule has 1 atom stereocenters. The number of carboxylic acid groups (broad SMARTS) is 1. The van der Waals surface area contributed by atoms with Crippen LogP contribution in [0, 0.1) is 0 Å². The van der Waals surface area contributed by atoms with E-state index in [2.05, 4.69) is 5.32 Å². The topological polar surface area (TPSA) is 66.4 Å². The molecule has 1 aromatic carbocycles. The van der Waals surface area contributed by atoms with E-state index in [1.165, 1.54) is 12.1 Å². The molecule has 0 aliphatic heterocycles. The molecule has 0 heterocycles. The van der Waals surface area contributed by atoms with Gasteiger partial charge >= 0.3 is 5.97 Å². The molecule has 1 amide bonds. The van der Waals surface area contributed by atoms with E-state index in [4.69, 9.17) is 28.3 Å². The first-order chi connectivity index (χ1) is 8.43. The molecule has 0 aromatic heterocycles. The maximum Gasteiger partial charge on any atom is 0.305 e. The van der Waals surface area contributed by atoms with Crippen LogP contribution >= 0.6 is 23.2 Å². The summed E-state index contributed by atoms with van der Waals surface area (Å²) in [4.78, 5) is 22.5. The van der Waals surface area contributed by atoms with E-state index in [1.54, 1.807) is 13.0 Å². The minimum Gasteiger partial charge on any atom is -0.481 e. The number of aliphatic carboxylic acids is 1. The van der Waals surface area contributed by atoms with Gasteiger partial charge in [0.15, 0.2) is 0 Å². The molecule has 1 aromatic rings. The fourth-order valence-corrected chi connectivity index (χ4v) is 1.82. The van der Waals surface area contributed by atoms with Crippen LogP contribution in [-0.2, 0) is 4.79 Å². The number of carbonyl (C=O) groups is 2. The first-order valence-corrected chi connectivity index (χ1v) is 6.17. The predicted molar refractivity (Wildman–Crippen MR) is 70.3 cm³/mol. The van der Waals surface area contributed by atoms with E-state index in [0.29, 0.717) is 11.4 Å². The molecule has 0 spiro atoms. The van der Waals surface area contributed by atoms with Gasteiger partial charge in [-0.3, -0.25) is 9.59 Å². The fourth-order valence-electron chi connectivity index (χ4n) is 1.44. The summed E-state index contributed by atoms with van der Waals surface area (Å²) < 4.78 is 0. The highest BCUT2D eigenvalue weighted by Crippen LogP contribution is 2.20. The standard InChI is InChI=1S/C12H13Cl2NO3/c1-2-8(6-11(16)17)15-12(18)9-5-7(13)3-4-10(9)14/h3-5,8H,2,6H2,1H3,(H,15,18)(H,16,17). The molecule has 2 N–H and O–H groups in total. The van der Waals surface area contributed by atoms with E-state index in [0.717, 1.165) is 0 Å². The van der Waals surface area contributed by atoms with Crippen molar-refractivity contribution in [1.29, 1.82) is 0 Å². The lowest BCUT2D eigenvalue weighted by Crippen LogP contribution is -2.36. The first-order valence-electron chi connectivity index (χ1n) is 5.41. The zero-order valence-electron chi connectivity index (χ0n) is 9.74. The molecule has 1 unspecified atom stereocenters. The highest BCUT2D eigenvalue weighted by Gasteiger charge is 2.17. The number of amides is 1. The molecule has 4 nitrogen and oxygen atoms in total. The number of benzene rings is 1. The molecule has 0 aliphatic carbocycles. The zero-order valence-corrected chi connectivity index (χ0v) is 11.3. The number of hydrogen-bond acceptors (Lipinski definition) is 2. The first kappa shape index (κ1) is 14.8. The minimum absolute atomic E-state index is 0.125. The van der Waals surface area contributed by atoms with Crippen molar-refractivity contribution in [3.05, 3.63) is 33.8 Å². The Bertz CT molecular complexity index is 463. The fraction of sp³-hybridized carbons (Fsp3) is 0.333. The van der Waals surface area contributed by atoms with Gasteiger partial charge in [-0.15, -0.1) is 0 Å². The van der Waals surface area contributed by atoms with Crippen LogP contribution in [0.3, 0.4) is 0 Å². The number of hydrogen-bond donors (Lipinski definition) is 2. The third-order valence-electron chi connectivity index (χ3n) is 2.42. The summed E-state index contributed by atoms with van der Waals surface area (Å²) in [5.41, 5.74) is 0.244. The summed E-state index contributed by atoms with van der Waals surface area (Å²) in [6, 6.07) is 4.13. The number of carbonyl (C=O) groups excluding carboxylic acids is 1. The van der Waals surface area contributed by atoms with Crippen LogP contribution in [-0.4, -0.2) is 23.0 Å². The summed E-state index contributed by atoms with van der Waals surface area (Å²) >= 11 is 11.7. The molecule has 6 heteroatoms. The Morgan fingerprint density at radius 1 is 1.39 bits per heavy atom. The van der Waals surface area contributed by atoms with Crippen LogP contribution < -0.4 is 5.32 Å². The predicted octanol–water partition coefficient (Wildman–Crippen LogP) is 2.98. The molecule has 0 saturated heterocycles. The van der Waals surface area contributed by atoms with Gasteiger partial charge in [0.2, 0.25) is 0 Å². The average Bonchev–Trinajstić information content (AvgIpc) is 2.30. The number of nitrogens with one attached hydrogen (secondary N) is 1. The van der Waals surface area contributed by atoms with Gasteiger partial charge in [0, 0.05) is 11.1 Å². The summed E-state index contributed by atoms with van der Waals surface area (Å²) in [7, 11) is 0. The summed E-state index contributed by atoms with van der Waals surface area (Å²) in [6.07, 6.45) is 0.399. The van der Waals surface area contributed by atoms with Crippen LogP contribution in [0.2, 0.25) is 10.0 Å². The maximum absolute atomic E-state index is 11.9. The van der Waals surface area contributed by atoms with Crippen LogP contribution in [0.1, 0.15) is 30.1 Å². The van der Waals surface area contributed by atoms with Gasteiger partial charge < -0.3 is 10.4 Å². The van der Waals surface area contributed by atoms with Gasteiger partial charge in [0.25, 0.3) is 5.91 Å². The van der Waals surface area contributed by atoms with Gasteiger partial charge in [0.05, 0.1) is 17.0 Å². The van der Waals surface area contributed by atoms with Crippen LogP contribution in [0.15, 0.2) is 18.2 Å². The molecule has 98 valence electrons. The lowest BCUT2D eigenvalue weighted by molar-refractivity contribution is -0.137. The van der Waals surface area contributed by atoms with Crippen LogP contribution in [0.25, 0.3) is 0 Å². The average molecular weight is 290 g/mol. The molecule has 0 radical (unpaired) electrons. The third kappa shape index (κ3) is 4.20. The Kier molecular flexibility index (Phi) is 5.44. The lowest BCUT2D eigenvalue weighted by atomic mass is 10.1. The normalized spacial score (nSPS) is 11.9. The highest BCUT2D eigenvalue weighted by molar-refractivity contribution is 6.35. The van der Waals surface area contributed by atoms with Crippen molar-refractivity contribution < 1.29 is 14.7 Å². The quantitative estimate of drug-likeness (QED) is 0.876. The number of halogens is 2. The lowest BCUT2D eigenvalue weighted by Gasteiger charge is -2.15. The molecular weight excluding hydrogens is 277 g/mol. The van der Waals surface area contributed by atoms with Gasteiger partial charge in [-0.2, -0.15) is 0 Å². The SMILES string of the molecule is CCC(CC(=O)O)NC(=O)c1cc(Cl)ccc1Cl. The molecular formula is C12H13Cl2NO3. The minimum atomic E-state index is -0.959. The van der Waals surface area contributed by atoms with Crippen molar-refractivity contribution >= 4 is 35.1 Å². The third-order valence-corrected chi connectivity index (χ3v) is 2.99. The monoisotopic (exact) mass is 289 g/mol. The van der Waals surface area contributed by atoms with Crippen LogP contribution in [0.4, 0.5) is 0 Å². The van der Waals surface area contributed by atoms with E-state index >= 15 is 0 Å². The Labute approximate surface area is 115 Å². The summed E-state index contributed by atoms with van der Waals surface area (Å²) in [5, 5.41) is 12.0. The smallest absolute Gasteiger partial charge is 0.305 e. The molecule has 0 aliphatic rings. The van der Waals surface area contributed by atoms with E-state index in [1.807, 2.05) is 0 Å². The summed E-state index contributed by atoms with van der Waals surface area (Å²) in [5.74, 6) is -1.38.